The molecule has 1 N–H and O–H groups in total. The molecule has 1 atom stereocenters. The van der Waals surface area contributed by atoms with Crippen molar-refractivity contribution in [1.82, 2.24) is 10.4 Å². The van der Waals surface area contributed by atoms with Gasteiger partial charge in [0.05, 0.1) is 32.7 Å². The molecule has 1 heterocycles. The van der Waals surface area contributed by atoms with Gasteiger partial charge in [-0.05, 0) is 41.5 Å². The van der Waals surface area contributed by atoms with Crippen LogP contribution in [0.1, 0.15) is 22.1 Å². The molecular formula is C27H26N2O5S. The number of thioether (sulfide) groups is 1. The van der Waals surface area contributed by atoms with Gasteiger partial charge in [0.25, 0.3) is 5.91 Å². The lowest BCUT2D eigenvalue weighted by atomic mass is 10.1. The summed E-state index contributed by atoms with van der Waals surface area (Å²) >= 11 is 1.36. The quantitative estimate of drug-likeness (QED) is 0.465. The van der Waals surface area contributed by atoms with Crippen LogP contribution in [0.15, 0.2) is 77.7 Å². The Morgan fingerprint density at radius 1 is 0.943 bits per heavy atom. The molecule has 0 unspecified atom stereocenters. The van der Waals surface area contributed by atoms with Crippen LogP contribution < -0.4 is 19.6 Å². The Morgan fingerprint density at radius 3 is 2.29 bits per heavy atom. The molecule has 1 saturated heterocycles. The minimum Gasteiger partial charge on any atom is -0.497 e. The fourth-order valence-corrected chi connectivity index (χ4v) is 4.86. The first-order valence-corrected chi connectivity index (χ1v) is 11.8. The summed E-state index contributed by atoms with van der Waals surface area (Å²) < 4.78 is 16.0. The van der Waals surface area contributed by atoms with Crippen molar-refractivity contribution in [2.45, 2.75) is 11.8 Å². The van der Waals surface area contributed by atoms with Crippen molar-refractivity contribution in [3.8, 4) is 17.2 Å². The van der Waals surface area contributed by atoms with Gasteiger partial charge in [0, 0.05) is 11.6 Å². The normalized spacial score (nSPS) is 16.3. The van der Waals surface area contributed by atoms with Gasteiger partial charge in [-0.15, -0.1) is 0 Å². The predicted octanol–water partition coefficient (Wildman–Crippen LogP) is 4.60. The van der Waals surface area contributed by atoms with Crippen molar-refractivity contribution in [1.29, 1.82) is 0 Å². The third kappa shape index (κ3) is 5.60. The predicted molar refractivity (Wildman–Crippen MR) is 136 cm³/mol. The average Bonchev–Trinajstić information content (AvgIpc) is 3.19. The van der Waals surface area contributed by atoms with Crippen molar-refractivity contribution >= 4 is 29.7 Å². The summed E-state index contributed by atoms with van der Waals surface area (Å²) in [6.07, 6.45) is 1.93. The molecular weight excluding hydrogens is 464 g/mol. The Balaban J connectivity index is 1.64. The lowest BCUT2D eigenvalue weighted by molar-refractivity contribution is -0.137. The number of nitrogens with zero attached hydrogens (tertiary/aromatic N) is 1. The second-order valence-electron chi connectivity index (χ2n) is 7.73. The molecule has 0 aromatic heterocycles. The van der Waals surface area contributed by atoms with Crippen LogP contribution in [0.25, 0.3) is 6.08 Å². The van der Waals surface area contributed by atoms with Gasteiger partial charge in [0.1, 0.15) is 22.6 Å². The van der Waals surface area contributed by atoms with Crippen molar-refractivity contribution in [2.24, 2.45) is 0 Å². The molecule has 2 amide bonds. The molecule has 35 heavy (non-hydrogen) atoms. The summed E-state index contributed by atoms with van der Waals surface area (Å²) in [7, 11) is 4.75. The molecule has 0 radical (unpaired) electrons. The molecule has 3 aromatic carbocycles. The molecule has 1 fully saturated rings. The number of rotatable bonds is 8. The number of nitrogens with one attached hydrogen (secondary N) is 1. The molecule has 180 valence electrons. The fraction of sp³-hybridized carbons (Fsp3) is 0.185. The number of amides is 2. The summed E-state index contributed by atoms with van der Waals surface area (Å²) in [5, 5.41) is 0.947. The number of hydrogen-bond acceptors (Lipinski definition) is 6. The minimum absolute atomic E-state index is 0.163. The summed E-state index contributed by atoms with van der Waals surface area (Å²) in [5.74, 6) is 1.38. The van der Waals surface area contributed by atoms with Crippen molar-refractivity contribution in [2.75, 3.05) is 21.3 Å². The van der Waals surface area contributed by atoms with Crippen molar-refractivity contribution in [3.63, 3.8) is 0 Å². The molecule has 7 nitrogen and oxygen atoms in total. The lowest BCUT2D eigenvalue weighted by Crippen LogP contribution is -2.44. The second-order valence-corrected chi connectivity index (χ2v) is 8.85. The molecule has 8 heteroatoms. The number of ether oxygens (including phenoxy) is 3. The van der Waals surface area contributed by atoms with E-state index in [0.717, 1.165) is 16.7 Å². The Hall–Kier alpha value is -3.91. The molecule has 1 aliphatic heterocycles. The largest absolute Gasteiger partial charge is 0.497 e. The van der Waals surface area contributed by atoms with Gasteiger partial charge in [-0.2, -0.15) is 0 Å². The van der Waals surface area contributed by atoms with E-state index in [1.54, 1.807) is 39.5 Å². The Morgan fingerprint density at radius 2 is 1.63 bits per heavy atom. The van der Waals surface area contributed by atoms with Crippen molar-refractivity contribution < 1.29 is 23.8 Å². The lowest BCUT2D eigenvalue weighted by Gasteiger charge is -2.24. The zero-order valence-electron chi connectivity index (χ0n) is 19.7. The third-order valence-electron chi connectivity index (χ3n) is 5.48. The smallest absolute Gasteiger partial charge is 0.280 e. The third-order valence-corrected chi connectivity index (χ3v) is 6.74. The Bertz CT molecular complexity index is 1230. The van der Waals surface area contributed by atoms with E-state index in [9.17, 15) is 9.59 Å². The van der Waals surface area contributed by atoms with Crippen LogP contribution >= 0.6 is 11.8 Å². The molecule has 3 aromatic rings. The van der Waals surface area contributed by atoms with Gasteiger partial charge in [-0.3, -0.25) is 15.0 Å². The van der Waals surface area contributed by atoms with E-state index in [1.165, 1.54) is 16.8 Å². The summed E-state index contributed by atoms with van der Waals surface area (Å²) in [4.78, 5) is 26.8. The van der Waals surface area contributed by atoms with E-state index in [0.29, 0.717) is 22.2 Å². The van der Waals surface area contributed by atoms with Gasteiger partial charge in [-0.1, -0.05) is 54.2 Å². The van der Waals surface area contributed by atoms with Crippen LogP contribution in [0.5, 0.6) is 17.2 Å². The van der Waals surface area contributed by atoms with Crippen LogP contribution in [0.3, 0.4) is 0 Å². The summed E-state index contributed by atoms with van der Waals surface area (Å²) in [5.41, 5.74) is 5.27. The van der Waals surface area contributed by atoms with Gasteiger partial charge in [-0.25, -0.2) is 5.01 Å². The highest BCUT2D eigenvalue weighted by molar-refractivity contribution is 8.04. The molecule has 1 aliphatic rings. The highest BCUT2D eigenvalue weighted by atomic mass is 32.2. The second kappa shape index (κ2) is 11.0. The number of hydrazine groups is 1. The minimum atomic E-state index is -0.441. The zero-order valence-corrected chi connectivity index (χ0v) is 20.5. The highest BCUT2D eigenvalue weighted by Gasteiger charge is 2.38. The molecule has 0 spiro atoms. The van der Waals surface area contributed by atoms with Gasteiger partial charge < -0.3 is 14.2 Å². The Kier molecular flexibility index (Phi) is 7.62. The monoisotopic (exact) mass is 490 g/mol. The van der Waals surface area contributed by atoms with Gasteiger partial charge in [0.2, 0.25) is 5.91 Å². The maximum absolute atomic E-state index is 13.5. The first-order chi connectivity index (χ1) is 17.0. The number of benzene rings is 3. The number of methoxy groups -OCH3 is 3. The zero-order chi connectivity index (χ0) is 24.8. The van der Waals surface area contributed by atoms with Crippen LogP contribution in [0, 0.1) is 0 Å². The van der Waals surface area contributed by atoms with Crippen molar-refractivity contribution in [3.05, 3.63) is 94.4 Å². The standard InChI is InChI=1S/C27H26N2O5S/c1-32-21-12-9-19(10-13-21)27-29(28-25(30)15-18-7-5-4-6-8-18)26(31)24(35-27)16-20-11-14-22(33-2)17-23(20)34-3/h4-14,16-17,27H,15H2,1-3H3,(H,28,30)/b24-16+/t27-/m0/s1. The van der Waals surface area contributed by atoms with E-state index in [4.69, 9.17) is 14.2 Å². The molecule has 0 bridgehead atoms. The summed E-state index contributed by atoms with van der Waals surface area (Å²) in [6.45, 7) is 0. The van der Waals surface area contributed by atoms with Crippen LogP contribution in [0.2, 0.25) is 0 Å². The average molecular weight is 491 g/mol. The number of carbonyl (C=O) groups excluding carboxylic acids is 2. The van der Waals surface area contributed by atoms with Gasteiger partial charge >= 0.3 is 0 Å². The molecule has 0 saturated carbocycles. The van der Waals surface area contributed by atoms with E-state index in [-0.39, 0.29) is 18.2 Å². The van der Waals surface area contributed by atoms with E-state index in [2.05, 4.69) is 5.43 Å². The first-order valence-electron chi connectivity index (χ1n) is 10.9. The number of carbonyl (C=O) groups is 2. The van der Waals surface area contributed by atoms with E-state index >= 15 is 0 Å². The van der Waals surface area contributed by atoms with Gasteiger partial charge in [0.15, 0.2) is 0 Å². The SMILES string of the molecule is COc1ccc([C@@H]2S/C(=C/c3ccc(OC)cc3OC)C(=O)N2NC(=O)Cc2ccccc2)cc1. The van der Waals surface area contributed by atoms with E-state index in [1.807, 2.05) is 60.7 Å². The summed E-state index contributed by atoms with van der Waals surface area (Å²) in [6, 6.07) is 22.2. The maximum Gasteiger partial charge on any atom is 0.280 e. The Labute approximate surface area is 208 Å². The molecule has 4 rings (SSSR count). The fourth-order valence-electron chi connectivity index (χ4n) is 3.67. The maximum atomic E-state index is 13.5. The topological polar surface area (TPSA) is 77.1 Å². The van der Waals surface area contributed by atoms with E-state index < -0.39 is 5.37 Å². The first kappa shape index (κ1) is 24.2. The van der Waals surface area contributed by atoms with Crippen LogP contribution in [-0.2, 0) is 16.0 Å². The molecule has 0 aliphatic carbocycles. The van der Waals surface area contributed by atoms with Crippen LogP contribution in [-0.4, -0.2) is 38.2 Å². The highest BCUT2D eigenvalue weighted by Crippen LogP contribution is 2.46. The number of hydrogen-bond donors (Lipinski definition) is 1. The van der Waals surface area contributed by atoms with Crippen LogP contribution in [0.4, 0.5) is 0 Å².